The van der Waals surface area contributed by atoms with Crippen molar-refractivity contribution in [2.45, 2.75) is 50.8 Å². The van der Waals surface area contributed by atoms with E-state index < -0.39 is 0 Å². The molecular formula is C12H24N2O. The first-order valence-electron chi connectivity index (χ1n) is 6.30. The summed E-state index contributed by atoms with van der Waals surface area (Å²) >= 11 is 0. The normalized spacial score (nSPS) is 39.2. The Morgan fingerprint density at radius 2 is 2.20 bits per heavy atom. The lowest BCUT2D eigenvalue weighted by atomic mass is 9.96. The number of rotatable bonds is 2. The Morgan fingerprint density at radius 1 is 1.33 bits per heavy atom. The van der Waals surface area contributed by atoms with E-state index in [2.05, 4.69) is 17.1 Å². The van der Waals surface area contributed by atoms with E-state index in [-0.39, 0.29) is 0 Å². The first-order valence-corrected chi connectivity index (χ1v) is 6.30. The predicted octanol–water partition coefficient (Wildman–Crippen LogP) is 1.24. The number of methoxy groups -OCH3 is 1. The molecule has 3 atom stereocenters. The molecule has 2 saturated heterocycles. The SMILES string of the molecule is COC1CCCN(C2CCNC(C)C2)C1. The number of likely N-dealkylation sites (tertiary alicyclic amines) is 1. The summed E-state index contributed by atoms with van der Waals surface area (Å²) in [4.78, 5) is 2.65. The van der Waals surface area contributed by atoms with Gasteiger partial charge in [0.2, 0.25) is 0 Å². The van der Waals surface area contributed by atoms with E-state index in [0.717, 1.165) is 12.6 Å². The van der Waals surface area contributed by atoms with E-state index in [4.69, 9.17) is 4.74 Å². The molecule has 0 spiro atoms. The molecule has 2 fully saturated rings. The molecule has 3 unspecified atom stereocenters. The van der Waals surface area contributed by atoms with Crippen LogP contribution in [0.4, 0.5) is 0 Å². The maximum atomic E-state index is 5.48. The van der Waals surface area contributed by atoms with Crippen molar-refractivity contribution in [3.8, 4) is 0 Å². The predicted molar refractivity (Wildman–Crippen MR) is 62.1 cm³/mol. The van der Waals surface area contributed by atoms with Crippen LogP contribution in [0, 0.1) is 0 Å². The van der Waals surface area contributed by atoms with Crippen LogP contribution in [0.15, 0.2) is 0 Å². The number of hydrogen-bond donors (Lipinski definition) is 1. The molecule has 88 valence electrons. The third kappa shape index (κ3) is 2.92. The molecule has 0 bridgehead atoms. The maximum Gasteiger partial charge on any atom is 0.0698 e. The minimum Gasteiger partial charge on any atom is -0.380 e. The minimum atomic E-state index is 0.476. The van der Waals surface area contributed by atoms with Crippen molar-refractivity contribution >= 4 is 0 Å². The van der Waals surface area contributed by atoms with Crippen LogP contribution in [0.25, 0.3) is 0 Å². The third-order valence-corrected chi connectivity index (χ3v) is 3.86. The van der Waals surface area contributed by atoms with Gasteiger partial charge in [0, 0.05) is 25.7 Å². The summed E-state index contributed by atoms with van der Waals surface area (Å²) in [6, 6.07) is 1.48. The zero-order chi connectivity index (χ0) is 10.7. The van der Waals surface area contributed by atoms with Crippen LogP contribution in [0.2, 0.25) is 0 Å². The van der Waals surface area contributed by atoms with E-state index >= 15 is 0 Å². The zero-order valence-corrected chi connectivity index (χ0v) is 10.0. The van der Waals surface area contributed by atoms with Gasteiger partial charge in [-0.2, -0.15) is 0 Å². The van der Waals surface area contributed by atoms with E-state index in [1.54, 1.807) is 0 Å². The van der Waals surface area contributed by atoms with Gasteiger partial charge in [-0.25, -0.2) is 0 Å². The molecule has 2 heterocycles. The monoisotopic (exact) mass is 212 g/mol. The van der Waals surface area contributed by atoms with Gasteiger partial charge in [0.1, 0.15) is 0 Å². The standard InChI is InChI=1S/C12H24N2O/c1-10-8-11(5-6-13-10)14-7-3-4-12(9-14)15-2/h10-13H,3-9H2,1-2H3. The summed E-state index contributed by atoms with van der Waals surface area (Å²) in [6.45, 7) is 5.90. The van der Waals surface area contributed by atoms with E-state index in [9.17, 15) is 0 Å². The Morgan fingerprint density at radius 3 is 2.93 bits per heavy atom. The molecule has 2 aliphatic rings. The van der Waals surface area contributed by atoms with Gasteiger partial charge in [0.15, 0.2) is 0 Å². The summed E-state index contributed by atoms with van der Waals surface area (Å²) in [7, 11) is 1.85. The van der Waals surface area contributed by atoms with Crippen LogP contribution in [0.5, 0.6) is 0 Å². The van der Waals surface area contributed by atoms with Crippen LogP contribution in [-0.2, 0) is 4.74 Å². The Hall–Kier alpha value is -0.120. The van der Waals surface area contributed by atoms with E-state index in [0.29, 0.717) is 12.1 Å². The molecule has 0 aliphatic carbocycles. The molecule has 1 N–H and O–H groups in total. The fourth-order valence-corrected chi connectivity index (χ4v) is 2.93. The van der Waals surface area contributed by atoms with Crippen LogP contribution in [-0.4, -0.2) is 49.8 Å². The zero-order valence-electron chi connectivity index (χ0n) is 10.0. The lowest BCUT2D eigenvalue weighted by molar-refractivity contribution is 0.00640. The van der Waals surface area contributed by atoms with Crippen LogP contribution in [0.1, 0.15) is 32.6 Å². The maximum absolute atomic E-state index is 5.48. The van der Waals surface area contributed by atoms with Gasteiger partial charge in [0.05, 0.1) is 6.10 Å². The van der Waals surface area contributed by atoms with Crippen molar-refractivity contribution < 1.29 is 4.74 Å². The summed E-state index contributed by atoms with van der Waals surface area (Å²) in [6.07, 6.45) is 5.63. The fourth-order valence-electron chi connectivity index (χ4n) is 2.93. The van der Waals surface area contributed by atoms with E-state index in [1.807, 2.05) is 7.11 Å². The highest BCUT2D eigenvalue weighted by atomic mass is 16.5. The smallest absolute Gasteiger partial charge is 0.0698 e. The van der Waals surface area contributed by atoms with Crippen LogP contribution >= 0.6 is 0 Å². The molecule has 2 aliphatic heterocycles. The molecule has 3 nitrogen and oxygen atoms in total. The number of nitrogens with one attached hydrogen (secondary N) is 1. The average molecular weight is 212 g/mol. The third-order valence-electron chi connectivity index (χ3n) is 3.86. The Kier molecular flexibility index (Phi) is 4.00. The Balaban J connectivity index is 1.86. The molecule has 3 heteroatoms. The van der Waals surface area contributed by atoms with Gasteiger partial charge >= 0.3 is 0 Å². The molecule has 0 saturated carbocycles. The summed E-state index contributed by atoms with van der Waals surface area (Å²) in [5.41, 5.74) is 0. The second-order valence-corrected chi connectivity index (χ2v) is 5.03. The lowest BCUT2D eigenvalue weighted by Crippen LogP contribution is -2.51. The van der Waals surface area contributed by atoms with Crippen molar-refractivity contribution in [3.05, 3.63) is 0 Å². The topological polar surface area (TPSA) is 24.5 Å². The average Bonchev–Trinajstić information content (AvgIpc) is 2.29. The highest BCUT2D eigenvalue weighted by Crippen LogP contribution is 2.21. The molecule has 0 aromatic carbocycles. The van der Waals surface area contributed by atoms with Gasteiger partial charge in [-0.3, -0.25) is 4.90 Å². The summed E-state index contributed by atoms with van der Waals surface area (Å²) in [5, 5.41) is 3.52. The molecule has 0 aromatic heterocycles. The fraction of sp³-hybridized carbons (Fsp3) is 1.00. The first-order chi connectivity index (χ1) is 7.29. The molecule has 0 radical (unpaired) electrons. The van der Waals surface area contributed by atoms with Gasteiger partial charge in [-0.05, 0) is 45.7 Å². The second-order valence-electron chi connectivity index (χ2n) is 5.03. The highest BCUT2D eigenvalue weighted by Gasteiger charge is 2.28. The van der Waals surface area contributed by atoms with Gasteiger partial charge < -0.3 is 10.1 Å². The number of hydrogen-bond acceptors (Lipinski definition) is 3. The molecule has 0 amide bonds. The number of nitrogens with zero attached hydrogens (tertiary/aromatic N) is 1. The molecule has 0 aromatic rings. The summed E-state index contributed by atoms with van der Waals surface area (Å²) in [5.74, 6) is 0. The van der Waals surface area contributed by atoms with Crippen molar-refractivity contribution in [1.29, 1.82) is 0 Å². The summed E-state index contributed by atoms with van der Waals surface area (Å²) < 4.78 is 5.48. The quantitative estimate of drug-likeness (QED) is 0.745. The second kappa shape index (κ2) is 5.28. The van der Waals surface area contributed by atoms with Crippen LogP contribution in [0.3, 0.4) is 0 Å². The van der Waals surface area contributed by atoms with Crippen molar-refractivity contribution in [3.63, 3.8) is 0 Å². The van der Waals surface area contributed by atoms with Gasteiger partial charge in [-0.15, -0.1) is 0 Å². The van der Waals surface area contributed by atoms with Crippen molar-refractivity contribution in [2.24, 2.45) is 0 Å². The molecule has 15 heavy (non-hydrogen) atoms. The van der Waals surface area contributed by atoms with Crippen molar-refractivity contribution in [1.82, 2.24) is 10.2 Å². The minimum absolute atomic E-state index is 0.476. The largest absolute Gasteiger partial charge is 0.380 e. The molecule has 2 rings (SSSR count). The van der Waals surface area contributed by atoms with Crippen molar-refractivity contribution in [2.75, 3.05) is 26.7 Å². The molecular weight excluding hydrogens is 188 g/mol. The van der Waals surface area contributed by atoms with E-state index in [1.165, 1.54) is 38.8 Å². The van der Waals surface area contributed by atoms with Gasteiger partial charge in [0.25, 0.3) is 0 Å². The van der Waals surface area contributed by atoms with Gasteiger partial charge in [-0.1, -0.05) is 0 Å². The van der Waals surface area contributed by atoms with Crippen LogP contribution < -0.4 is 5.32 Å². The Bertz CT molecular complexity index is 198. The number of ether oxygens (including phenoxy) is 1. The highest BCUT2D eigenvalue weighted by molar-refractivity contribution is 4.85. The number of piperidine rings is 2. The lowest BCUT2D eigenvalue weighted by Gasteiger charge is -2.41. The first kappa shape index (κ1) is 11.4. The Labute approximate surface area is 93.2 Å².